The molecule has 0 N–H and O–H groups in total. The molecule has 3 nitrogen and oxygen atoms in total. The lowest BCUT2D eigenvalue weighted by atomic mass is 9.63. The van der Waals surface area contributed by atoms with E-state index in [1.54, 1.807) is 0 Å². The topological polar surface area (TPSA) is 31.0 Å². The number of para-hydroxylation sites is 4. The van der Waals surface area contributed by atoms with E-state index in [0.717, 1.165) is 50.0 Å². The molecule has 4 heteroatoms. The van der Waals surface area contributed by atoms with Crippen molar-refractivity contribution >= 4 is 56.9 Å². The van der Waals surface area contributed by atoms with Crippen molar-refractivity contribution in [2.45, 2.75) is 15.2 Å². The van der Waals surface area contributed by atoms with E-state index >= 15 is 0 Å². The van der Waals surface area contributed by atoms with Crippen LogP contribution >= 0.6 is 11.8 Å². The quantitative estimate of drug-likeness (QED) is 0.186. The number of nitrogens with zero attached hydrogens (tertiary/aromatic N) is 2. The molecule has 2 aliphatic rings. The van der Waals surface area contributed by atoms with Gasteiger partial charge in [0.15, 0.2) is 0 Å². The largest absolute Gasteiger partial charge is 0.456 e. The molecule has 50 heavy (non-hydrogen) atoms. The summed E-state index contributed by atoms with van der Waals surface area (Å²) in [5.41, 5.74) is 12.8. The molecule has 1 atom stereocenters. The van der Waals surface area contributed by atoms with Gasteiger partial charge in [0.25, 0.3) is 0 Å². The highest BCUT2D eigenvalue weighted by Gasteiger charge is 2.47. The predicted molar refractivity (Wildman–Crippen MR) is 205 cm³/mol. The minimum Gasteiger partial charge on any atom is -0.456 e. The molecule has 1 aliphatic carbocycles. The average molecular weight is 657 g/mol. The molecule has 0 bridgehead atoms. The normalized spacial score (nSPS) is 15.9. The Morgan fingerprint density at radius 3 is 2.18 bits per heavy atom. The lowest BCUT2D eigenvalue weighted by Gasteiger charge is -2.42. The first-order valence-corrected chi connectivity index (χ1v) is 17.8. The minimum atomic E-state index is -0.626. The minimum absolute atomic E-state index is 0.626. The number of hydrogen-bond donors (Lipinski definition) is 0. The first-order chi connectivity index (χ1) is 24.8. The molecular formula is C46H28N2OS. The van der Waals surface area contributed by atoms with Gasteiger partial charge in [-0.15, -0.1) is 0 Å². The summed E-state index contributed by atoms with van der Waals surface area (Å²) in [7, 11) is 0. The van der Waals surface area contributed by atoms with Crippen LogP contribution in [0.15, 0.2) is 172 Å². The van der Waals surface area contributed by atoms with Gasteiger partial charge in [-0.05, 0) is 88.0 Å². The summed E-state index contributed by atoms with van der Waals surface area (Å²) in [6.45, 7) is 0. The van der Waals surface area contributed by atoms with Crippen molar-refractivity contribution in [3.8, 4) is 17.1 Å². The number of rotatable bonds is 2. The Labute approximate surface area is 293 Å². The van der Waals surface area contributed by atoms with Crippen molar-refractivity contribution < 1.29 is 4.42 Å². The molecule has 234 valence electrons. The Kier molecular flexibility index (Phi) is 5.81. The van der Waals surface area contributed by atoms with Gasteiger partial charge >= 0.3 is 0 Å². The van der Waals surface area contributed by atoms with Crippen LogP contribution in [0.25, 0.3) is 62.2 Å². The molecule has 0 saturated carbocycles. The summed E-state index contributed by atoms with van der Waals surface area (Å²) in [4.78, 5) is 7.79. The Balaban J connectivity index is 1.28. The maximum atomic E-state index is 6.60. The molecule has 9 aromatic rings. The third-order valence-electron chi connectivity index (χ3n) is 10.5. The number of fused-ring (bicyclic) bond motifs is 12. The van der Waals surface area contributed by atoms with Gasteiger partial charge in [-0.1, -0.05) is 127 Å². The molecule has 7 aromatic carbocycles. The number of aromatic nitrogens is 2. The monoisotopic (exact) mass is 656 g/mol. The zero-order valence-corrected chi connectivity index (χ0v) is 27.7. The highest BCUT2D eigenvalue weighted by molar-refractivity contribution is 7.99. The zero-order chi connectivity index (χ0) is 32.8. The van der Waals surface area contributed by atoms with Crippen LogP contribution in [0.4, 0.5) is 0 Å². The van der Waals surface area contributed by atoms with Crippen LogP contribution in [0.3, 0.4) is 0 Å². The zero-order valence-electron chi connectivity index (χ0n) is 26.9. The summed E-state index contributed by atoms with van der Waals surface area (Å²) in [5, 5.41) is 2.29. The third kappa shape index (κ3) is 3.80. The lowest BCUT2D eigenvalue weighted by Crippen LogP contribution is -2.35. The maximum Gasteiger partial charge on any atom is 0.145 e. The molecule has 3 heterocycles. The Bertz CT molecular complexity index is 2860. The van der Waals surface area contributed by atoms with E-state index in [9.17, 15) is 0 Å². The molecule has 0 amide bonds. The van der Waals surface area contributed by atoms with E-state index in [1.807, 2.05) is 17.8 Å². The smallest absolute Gasteiger partial charge is 0.145 e. The van der Waals surface area contributed by atoms with E-state index in [4.69, 9.17) is 9.40 Å². The van der Waals surface area contributed by atoms with Gasteiger partial charge in [0.2, 0.25) is 0 Å². The molecule has 0 radical (unpaired) electrons. The highest BCUT2D eigenvalue weighted by Crippen LogP contribution is 2.59. The fraction of sp³-hybridized carbons (Fsp3) is 0.0217. The van der Waals surface area contributed by atoms with Gasteiger partial charge in [-0.25, -0.2) is 4.98 Å². The summed E-state index contributed by atoms with van der Waals surface area (Å²) < 4.78 is 8.89. The van der Waals surface area contributed by atoms with E-state index in [-0.39, 0.29) is 0 Å². The van der Waals surface area contributed by atoms with Crippen LogP contribution in [-0.4, -0.2) is 9.55 Å². The number of furan rings is 1. The molecule has 0 fully saturated rings. The van der Waals surface area contributed by atoms with Crippen LogP contribution in [0.1, 0.15) is 33.4 Å². The standard InChI is InChI=1S/C46H28N2OS/c1-2-13-32(14-3-1)48-40-19-9-8-18-39(40)47-45(48)31-25-24-30-23-22-29-12-4-6-16-35(29)46(37(30)26-31)36-17-7-11-21-43(36)50-44-27-34-33-15-5-10-20-41(33)49-42(34)28-38(44)46/h1-28H. The molecule has 11 rings (SSSR count). The van der Waals surface area contributed by atoms with E-state index in [1.165, 1.54) is 43.2 Å². The van der Waals surface area contributed by atoms with Gasteiger partial charge < -0.3 is 4.42 Å². The second-order valence-electron chi connectivity index (χ2n) is 13.1. The van der Waals surface area contributed by atoms with Crippen molar-refractivity contribution in [1.82, 2.24) is 9.55 Å². The predicted octanol–water partition coefficient (Wildman–Crippen LogP) is 11.9. The van der Waals surface area contributed by atoms with Crippen LogP contribution in [0.5, 0.6) is 0 Å². The van der Waals surface area contributed by atoms with Crippen molar-refractivity contribution in [2.75, 3.05) is 0 Å². The molecule has 1 aliphatic heterocycles. The maximum absolute atomic E-state index is 6.60. The molecule has 2 aromatic heterocycles. The van der Waals surface area contributed by atoms with Crippen molar-refractivity contribution in [2.24, 2.45) is 0 Å². The average Bonchev–Trinajstić information content (AvgIpc) is 3.70. The number of imidazole rings is 1. The van der Waals surface area contributed by atoms with Gasteiger partial charge in [-0.2, -0.15) is 0 Å². The number of benzene rings is 7. The summed E-state index contributed by atoms with van der Waals surface area (Å²) in [5.74, 6) is 0.920. The summed E-state index contributed by atoms with van der Waals surface area (Å²) in [6, 6.07) is 56.8. The molecule has 0 saturated heterocycles. The SMILES string of the molecule is C1=Cc2ccc(-c3nc4ccccc4n3-c3ccccc3)cc2C2(c3ccccc31)c1ccccc1Sc1cc3c(cc12)oc1ccccc13. The third-order valence-corrected chi connectivity index (χ3v) is 11.6. The first kappa shape index (κ1) is 27.8. The molecule has 1 spiro atoms. The lowest BCUT2D eigenvalue weighted by molar-refractivity contribution is 0.659. The summed E-state index contributed by atoms with van der Waals surface area (Å²) >= 11 is 1.86. The Morgan fingerprint density at radius 2 is 1.26 bits per heavy atom. The highest BCUT2D eigenvalue weighted by atomic mass is 32.2. The van der Waals surface area contributed by atoms with Crippen LogP contribution in [0, 0.1) is 0 Å². The van der Waals surface area contributed by atoms with Crippen molar-refractivity contribution in [3.63, 3.8) is 0 Å². The van der Waals surface area contributed by atoms with Crippen LogP contribution in [0.2, 0.25) is 0 Å². The van der Waals surface area contributed by atoms with Gasteiger partial charge in [-0.3, -0.25) is 4.57 Å². The van der Waals surface area contributed by atoms with E-state index < -0.39 is 5.41 Å². The second kappa shape index (κ2) is 10.4. The van der Waals surface area contributed by atoms with Crippen LogP contribution < -0.4 is 0 Å². The number of hydrogen-bond acceptors (Lipinski definition) is 3. The van der Waals surface area contributed by atoms with Gasteiger partial charge in [0.05, 0.1) is 16.4 Å². The van der Waals surface area contributed by atoms with Crippen molar-refractivity contribution in [1.29, 1.82) is 0 Å². The Morgan fingerprint density at radius 1 is 0.520 bits per heavy atom. The van der Waals surface area contributed by atoms with Gasteiger partial charge in [0, 0.05) is 31.8 Å². The van der Waals surface area contributed by atoms with E-state index in [2.05, 4.69) is 168 Å². The Hall–Kier alpha value is -6.10. The fourth-order valence-electron chi connectivity index (χ4n) is 8.37. The molecule has 1 unspecified atom stereocenters. The van der Waals surface area contributed by atoms with Gasteiger partial charge in [0.1, 0.15) is 17.0 Å². The second-order valence-corrected chi connectivity index (χ2v) is 14.2. The first-order valence-electron chi connectivity index (χ1n) is 17.0. The molecular weight excluding hydrogens is 629 g/mol. The van der Waals surface area contributed by atoms with Crippen LogP contribution in [-0.2, 0) is 5.41 Å². The fourth-order valence-corrected chi connectivity index (χ4v) is 9.58. The van der Waals surface area contributed by atoms with E-state index in [0.29, 0.717) is 0 Å². The van der Waals surface area contributed by atoms with Crippen molar-refractivity contribution in [3.05, 3.63) is 191 Å². The summed E-state index contributed by atoms with van der Waals surface area (Å²) in [6.07, 6.45) is 4.57.